The van der Waals surface area contributed by atoms with Crippen molar-refractivity contribution in [2.75, 3.05) is 23.8 Å². The van der Waals surface area contributed by atoms with E-state index < -0.39 is 0 Å². The van der Waals surface area contributed by atoms with Gasteiger partial charge in [0.15, 0.2) is 0 Å². The Balaban J connectivity index is 2.19. The van der Waals surface area contributed by atoms with Crippen LogP contribution in [0.1, 0.15) is 13.8 Å². The lowest BCUT2D eigenvalue weighted by atomic mass is 10.3. The van der Waals surface area contributed by atoms with Gasteiger partial charge in [0.25, 0.3) is 0 Å². The van der Waals surface area contributed by atoms with Crippen molar-refractivity contribution < 1.29 is 4.79 Å². The van der Waals surface area contributed by atoms with Crippen LogP contribution in [-0.2, 0) is 4.79 Å². The largest absolute Gasteiger partial charge is 0.351 e. The highest BCUT2D eigenvalue weighted by Gasteiger charge is 2.14. The Morgan fingerprint density at radius 3 is 2.86 bits per heavy atom. The zero-order valence-corrected chi connectivity index (χ0v) is 10.3. The van der Waals surface area contributed by atoms with Crippen LogP contribution in [0, 0.1) is 0 Å². The highest BCUT2D eigenvalue weighted by atomic mass is 32.2. The maximum absolute atomic E-state index is 11.3. The van der Waals surface area contributed by atoms with Crippen molar-refractivity contribution in [3.63, 3.8) is 0 Å². The van der Waals surface area contributed by atoms with Gasteiger partial charge in [-0.05, 0) is 13.8 Å². The highest BCUT2D eigenvalue weighted by Crippen LogP contribution is 2.23. The number of allylic oxidation sites excluding steroid dienone is 1. The lowest BCUT2D eigenvalue weighted by molar-refractivity contribution is -0.116. The second-order valence-electron chi connectivity index (χ2n) is 3.53. The minimum absolute atomic E-state index is 0.0428. The molecule has 0 aromatic carbocycles. The summed E-state index contributed by atoms with van der Waals surface area (Å²) in [4.78, 5) is 11.3. The number of rotatable bonds is 3. The molecule has 1 aliphatic rings. The van der Waals surface area contributed by atoms with Crippen LogP contribution < -0.4 is 5.32 Å². The van der Waals surface area contributed by atoms with Gasteiger partial charge >= 0.3 is 0 Å². The molecule has 1 rings (SSSR count). The number of carbonyl (C=O) groups excluding carboxylic acids is 1. The molecule has 1 fully saturated rings. The fraction of sp³-hybridized carbons (Fsp3) is 0.700. The zero-order valence-electron chi connectivity index (χ0n) is 8.71. The van der Waals surface area contributed by atoms with Crippen LogP contribution in [0.4, 0.5) is 0 Å². The maximum atomic E-state index is 11.3. The summed E-state index contributed by atoms with van der Waals surface area (Å²) in [6.07, 6.45) is 1.65. The van der Waals surface area contributed by atoms with Gasteiger partial charge in [0, 0.05) is 35.1 Å². The van der Waals surface area contributed by atoms with E-state index in [2.05, 4.69) is 5.32 Å². The van der Waals surface area contributed by atoms with E-state index in [4.69, 9.17) is 0 Å². The summed E-state index contributed by atoms with van der Waals surface area (Å²) < 4.78 is 0. The number of carbonyl (C=O) groups is 1. The molecule has 14 heavy (non-hydrogen) atoms. The van der Waals surface area contributed by atoms with E-state index >= 15 is 0 Å². The Morgan fingerprint density at radius 2 is 2.29 bits per heavy atom. The van der Waals surface area contributed by atoms with Crippen LogP contribution in [0.3, 0.4) is 0 Å². The monoisotopic (exact) mass is 231 g/mol. The second-order valence-corrected chi connectivity index (χ2v) is 6.09. The molecular weight excluding hydrogens is 214 g/mol. The van der Waals surface area contributed by atoms with E-state index in [1.165, 1.54) is 17.3 Å². The smallest absolute Gasteiger partial charge is 0.243 e. The van der Waals surface area contributed by atoms with Gasteiger partial charge < -0.3 is 5.32 Å². The zero-order chi connectivity index (χ0) is 10.4. The van der Waals surface area contributed by atoms with Gasteiger partial charge in [-0.25, -0.2) is 0 Å². The minimum Gasteiger partial charge on any atom is -0.351 e. The number of hydrogen-bond donors (Lipinski definition) is 1. The number of amides is 1. The van der Waals surface area contributed by atoms with Crippen molar-refractivity contribution in [2.24, 2.45) is 0 Å². The van der Waals surface area contributed by atoms with Crippen LogP contribution in [0.2, 0.25) is 0 Å². The molecule has 0 saturated carbocycles. The van der Waals surface area contributed by atoms with Crippen molar-refractivity contribution in [3.8, 4) is 0 Å². The molecule has 2 nitrogen and oxygen atoms in total. The molecular formula is C10H17NOS2. The lowest BCUT2D eigenvalue weighted by Gasteiger charge is -2.20. The molecule has 1 unspecified atom stereocenters. The van der Waals surface area contributed by atoms with E-state index in [1.807, 2.05) is 37.4 Å². The summed E-state index contributed by atoms with van der Waals surface area (Å²) in [6, 6.07) is 0. The molecule has 1 aliphatic heterocycles. The summed E-state index contributed by atoms with van der Waals surface area (Å²) in [7, 11) is 0. The van der Waals surface area contributed by atoms with Crippen LogP contribution >= 0.6 is 23.5 Å². The third kappa shape index (κ3) is 4.96. The van der Waals surface area contributed by atoms with Crippen LogP contribution in [-0.4, -0.2) is 35.0 Å². The quantitative estimate of drug-likeness (QED) is 0.752. The fourth-order valence-electron chi connectivity index (χ4n) is 1.18. The van der Waals surface area contributed by atoms with Crippen molar-refractivity contribution in [2.45, 2.75) is 19.1 Å². The molecule has 1 amide bonds. The Bertz CT molecular complexity index is 218. The molecule has 1 atom stereocenters. The van der Waals surface area contributed by atoms with Crippen molar-refractivity contribution in [3.05, 3.63) is 11.6 Å². The number of nitrogens with one attached hydrogen (secondary N) is 1. The maximum Gasteiger partial charge on any atom is 0.243 e. The highest BCUT2D eigenvalue weighted by molar-refractivity contribution is 8.06. The molecule has 1 saturated heterocycles. The van der Waals surface area contributed by atoms with Crippen LogP contribution in [0.15, 0.2) is 11.6 Å². The molecule has 1 N–H and O–H groups in total. The van der Waals surface area contributed by atoms with Gasteiger partial charge in [-0.2, -0.15) is 23.5 Å². The molecule has 4 heteroatoms. The molecule has 0 aromatic heterocycles. The molecule has 1 heterocycles. The van der Waals surface area contributed by atoms with E-state index in [-0.39, 0.29) is 5.91 Å². The molecule has 0 spiro atoms. The normalized spacial score (nSPS) is 21.4. The Kier molecular flexibility index (Phi) is 5.48. The van der Waals surface area contributed by atoms with Crippen LogP contribution in [0.25, 0.3) is 0 Å². The summed E-state index contributed by atoms with van der Waals surface area (Å²) in [5.74, 6) is 3.68. The van der Waals surface area contributed by atoms with E-state index in [0.29, 0.717) is 5.25 Å². The van der Waals surface area contributed by atoms with Crippen LogP contribution in [0.5, 0.6) is 0 Å². The van der Waals surface area contributed by atoms with E-state index in [1.54, 1.807) is 6.08 Å². The standard InChI is InChI=1S/C10H17NOS2/c1-8(2)5-10(12)11-6-9-7-13-3-4-14-9/h5,9H,3-4,6-7H2,1-2H3,(H,11,12). The number of hydrogen-bond acceptors (Lipinski definition) is 3. The van der Waals surface area contributed by atoms with Gasteiger partial charge in [-0.3, -0.25) is 4.79 Å². The minimum atomic E-state index is 0.0428. The third-order valence-electron chi connectivity index (χ3n) is 1.81. The van der Waals surface area contributed by atoms with E-state index in [0.717, 1.165) is 12.1 Å². The molecule has 80 valence electrons. The second kappa shape index (κ2) is 6.40. The topological polar surface area (TPSA) is 29.1 Å². The average molecular weight is 231 g/mol. The summed E-state index contributed by atoms with van der Waals surface area (Å²) in [5, 5.41) is 3.53. The van der Waals surface area contributed by atoms with Gasteiger partial charge in [0.05, 0.1) is 0 Å². The predicted molar refractivity (Wildman–Crippen MR) is 66.0 cm³/mol. The summed E-state index contributed by atoms with van der Waals surface area (Å²) in [5.41, 5.74) is 1.05. The van der Waals surface area contributed by atoms with Gasteiger partial charge in [0.2, 0.25) is 5.91 Å². The Morgan fingerprint density at radius 1 is 1.50 bits per heavy atom. The first kappa shape index (κ1) is 12.0. The van der Waals surface area contributed by atoms with Gasteiger partial charge in [0.1, 0.15) is 0 Å². The first-order valence-corrected chi connectivity index (χ1v) is 7.01. The average Bonchev–Trinajstić information content (AvgIpc) is 2.15. The number of thioether (sulfide) groups is 2. The van der Waals surface area contributed by atoms with Crippen molar-refractivity contribution in [1.82, 2.24) is 5.32 Å². The SMILES string of the molecule is CC(C)=CC(=O)NCC1CSCCS1. The molecule has 0 aliphatic carbocycles. The first-order valence-electron chi connectivity index (χ1n) is 4.80. The van der Waals surface area contributed by atoms with E-state index in [9.17, 15) is 4.79 Å². The van der Waals surface area contributed by atoms with Crippen molar-refractivity contribution >= 4 is 29.4 Å². The van der Waals surface area contributed by atoms with Gasteiger partial charge in [-0.1, -0.05) is 5.57 Å². The third-order valence-corrected chi connectivity index (χ3v) is 4.65. The summed E-state index contributed by atoms with van der Waals surface area (Å²) in [6.45, 7) is 4.68. The molecule has 0 bridgehead atoms. The molecule has 0 aromatic rings. The van der Waals surface area contributed by atoms with Crippen molar-refractivity contribution in [1.29, 1.82) is 0 Å². The Hall–Kier alpha value is -0.0900. The molecule has 0 radical (unpaired) electrons. The summed E-state index contributed by atoms with van der Waals surface area (Å²) >= 11 is 3.95. The predicted octanol–water partition coefficient (Wildman–Crippen LogP) is 1.92. The Labute approximate surface area is 94.3 Å². The van der Waals surface area contributed by atoms with Gasteiger partial charge in [-0.15, -0.1) is 0 Å². The fourth-order valence-corrected chi connectivity index (χ4v) is 3.79. The lowest BCUT2D eigenvalue weighted by Crippen LogP contribution is -2.32. The first-order chi connectivity index (χ1) is 6.68.